The van der Waals surface area contributed by atoms with Crippen LogP contribution in [0.2, 0.25) is 0 Å². The van der Waals surface area contributed by atoms with Crippen LogP contribution in [0.15, 0.2) is 40.2 Å². The van der Waals surface area contributed by atoms with Crippen molar-refractivity contribution in [1.29, 1.82) is 0 Å². The van der Waals surface area contributed by atoms with Crippen LogP contribution < -0.4 is 10.6 Å². The fourth-order valence-electron chi connectivity index (χ4n) is 5.16. The van der Waals surface area contributed by atoms with E-state index >= 15 is 0 Å². The van der Waals surface area contributed by atoms with E-state index in [0.29, 0.717) is 12.3 Å². The lowest BCUT2D eigenvalue weighted by molar-refractivity contribution is 0.373. The van der Waals surface area contributed by atoms with Gasteiger partial charge in [0.25, 0.3) is 0 Å². The molecule has 2 fully saturated rings. The number of fused-ring (bicyclic) bond motifs is 1. The lowest BCUT2D eigenvalue weighted by atomic mass is 9.85. The van der Waals surface area contributed by atoms with E-state index in [4.69, 9.17) is 4.98 Å². The summed E-state index contributed by atoms with van der Waals surface area (Å²) in [4.78, 5) is 23.3. The summed E-state index contributed by atoms with van der Waals surface area (Å²) in [5.74, 6) is 0.909. The van der Waals surface area contributed by atoms with Gasteiger partial charge in [-0.15, -0.1) is 0 Å². The van der Waals surface area contributed by atoms with Crippen LogP contribution in [-0.4, -0.2) is 53.2 Å². The van der Waals surface area contributed by atoms with Gasteiger partial charge in [0.2, 0.25) is 0 Å². The van der Waals surface area contributed by atoms with E-state index in [9.17, 15) is 4.91 Å². The Balaban J connectivity index is 1.54. The van der Waals surface area contributed by atoms with Gasteiger partial charge in [-0.2, -0.15) is 4.91 Å². The molecule has 3 heterocycles. The molecule has 0 amide bonds. The Kier molecular flexibility index (Phi) is 8.48. The first-order valence-corrected chi connectivity index (χ1v) is 13.9. The van der Waals surface area contributed by atoms with E-state index in [1.807, 2.05) is 20.8 Å². The molecular weight excluding hydrogens is 475 g/mol. The topological polar surface area (TPSA) is 82.0 Å². The quantitative estimate of drug-likeness (QED) is 0.245. The number of hydrogen-bond donors (Lipinski definition) is 2. The third kappa shape index (κ3) is 6.05. The number of nitroso groups, excluding NO2 is 1. The van der Waals surface area contributed by atoms with Crippen molar-refractivity contribution in [3.05, 3.63) is 45.6 Å². The van der Waals surface area contributed by atoms with Crippen LogP contribution in [0.5, 0.6) is 0 Å². The van der Waals surface area contributed by atoms with Gasteiger partial charge >= 0.3 is 0 Å². The Morgan fingerprint density at radius 3 is 2.83 bits per heavy atom. The molecule has 2 aliphatic heterocycles. The zero-order chi connectivity index (χ0) is 25.0. The fourth-order valence-corrected chi connectivity index (χ4v) is 6.38. The standard InChI is InChI=1S/C26H37N6OPS/c1-5-28-24-22(30-25(35-24)23(34)29-15-18-10-12-27-13-11-18)17(2)32-16-19(14-26(3,4)31-33)20-8-6-7-9-21(20)32/h5,8-9,18-19,27,29,34H,2,6-7,10-16H2,1,3-4H3/b28-5-. The van der Waals surface area contributed by atoms with Crippen LogP contribution >= 0.6 is 20.2 Å². The van der Waals surface area contributed by atoms with Gasteiger partial charge in [-0.05, 0) is 77.5 Å². The highest BCUT2D eigenvalue weighted by Crippen LogP contribution is 2.45. The van der Waals surface area contributed by atoms with Crippen LogP contribution in [0.4, 0.5) is 5.00 Å². The molecule has 0 spiro atoms. The van der Waals surface area contributed by atoms with Crippen molar-refractivity contribution in [3.63, 3.8) is 0 Å². The predicted molar refractivity (Wildman–Crippen MR) is 151 cm³/mol. The molecule has 188 valence electrons. The van der Waals surface area contributed by atoms with Crippen molar-refractivity contribution in [3.8, 4) is 0 Å². The molecule has 9 heteroatoms. The number of rotatable bonds is 10. The summed E-state index contributed by atoms with van der Waals surface area (Å²) >= 11 is 1.56. The van der Waals surface area contributed by atoms with Crippen molar-refractivity contribution < 1.29 is 0 Å². The maximum atomic E-state index is 11.4. The van der Waals surface area contributed by atoms with Crippen LogP contribution in [0.3, 0.4) is 0 Å². The van der Waals surface area contributed by atoms with Crippen molar-refractivity contribution >= 4 is 42.5 Å². The Morgan fingerprint density at radius 1 is 1.37 bits per heavy atom. The summed E-state index contributed by atoms with van der Waals surface area (Å²) in [5.41, 5.74) is 4.46. The number of piperidine rings is 1. The lowest BCUT2D eigenvalue weighted by Crippen LogP contribution is -2.35. The van der Waals surface area contributed by atoms with Crippen molar-refractivity contribution in [1.82, 2.24) is 20.5 Å². The van der Waals surface area contributed by atoms with E-state index in [-0.39, 0.29) is 5.92 Å². The molecule has 0 aromatic carbocycles. The second-order valence-electron chi connectivity index (χ2n) is 10.2. The average molecular weight is 513 g/mol. The molecule has 1 atom stereocenters. The highest BCUT2D eigenvalue weighted by Gasteiger charge is 2.38. The predicted octanol–water partition coefficient (Wildman–Crippen LogP) is 5.52. The van der Waals surface area contributed by atoms with E-state index < -0.39 is 5.54 Å². The number of aromatic nitrogens is 1. The molecule has 2 saturated heterocycles. The van der Waals surface area contributed by atoms with E-state index in [0.717, 1.165) is 65.8 Å². The minimum absolute atomic E-state index is 0.242. The van der Waals surface area contributed by atoms with Gasteiger partial charge in [0, 0.05) is 30.9 Å². The molecule has 0 radical (unpaired) electrons. The highest BCUT2D eigenvalue weighted by molar-refractivity contribution is 7.27. The van der Waals surface area contributed by atoms with Crippen LogP contribution in [-0.2, 0) is 0 Å². The molecule has 3 aliphatic rings. The molecule has 1 unspecified atom stereocenters. The monoisotopic (exact) mass is 512 g/mol. The number of likely N-dealkylation sites (tertiary alicyclic amines) is 1. The molecule has 35 heavy (non-hydrogen) atoms. The number of aliphatic imine (C=N–C) groups is 1. The minimum Gasteiger partial charge on any atom is -0.340 e. The lowest BCUT2D eigenvalue weighted by Gasteiger charge is -2.23. The zero-order valence-electron chi connectivity index (χ0n) is 21.1. The SMILES string of the molecule is C=C(c1nc(C(=P)NCC2CCNCC2)sc1/N=C\C)N1CC(CC(C)(C)N=O)C2=CCCC=C21. The van der Waals surface area contributed by atoms with Crippen molar-refractivity contribution in [2.24, 2.45) is 22.0 Å². The molecule has 0 bridgehead atoms. The summed E-state index contributed by atoms with van der Waals surface area (Å²) in [6, 6.07) is 0. The zero-order valence-corrected chi connectivity index (χ0v) is 22.9. The third-order valence-corrected chi connectivity index (χ3v) is 8.56. The average Bonchev–Trinajstić information content (AvgIpc) is 3.45. The van der Waals surface area contributed by atoms with Crippen molar-refractivity contribution in [2.45, 2.75) is 58.4 Å². The maximum Gasteiger partial charge on any atom is 0.145 e. The summed E-state index contributed by atoms with van der Waals surface area (Å²) in [6.07, 6.45) is 11.5. The summed E-state index contributed by atoms with van der Waals surface area (Å²) in [6.45, 7) is 14.1. The summed E-state index contributed by atoms with van der Waals surface area (Å²) < 4.78 is 0. The number of allylic oxidation sites excluding steroid dienone is 3. The Bertz CT molecular complexity index is 1070. The van der Waals surface area contributed by atoms with E-state index in [2.05, 4.69) is 53.3 Å². The van der Waals surface area contributed by atoms with Gasteiger partial charge in [0.1, 0.15) is 15.7 Å². The Hall–Kier alpha value is -1.99. The van der Waals surface area contributed by atoms with E-state index in [1.54, 1.807) is 17.6 Å². The molecule has 7 nitrogen and oxygen atoms in total. The smallest absolute Gasteiger partial charge is 0.145 e. The molecule has 1 aliphatic carbocycles. The molecule has 1 aromatic heterocycles. The largest absolute Gasteiger partial charge is 0.340 e. The van der Waals surface area contributed by atoms with Crippen LogP contribution in [0.1, 0.15) is 63.6 Å². The molecule has 2 N–H and O–H groups in total. The van der Waals surface area contributed by atoms with E-state index in [1.165, 1.54) is 24.1 Å². The first kappa shape index (κ1) is 26.1. The number of thiazole rings is 1. The fraction of sp³-hybridized carbons (Fsp3) is 0.577. The number of hydrogen-bond acceptors (Lipinski definition) is 7. The minimum atomic E-state index is -0.601. The molecule has 1 aromatic rings. The first-order valence-electron chi connectivity index (χ1n) is 12.6. The number of nitrogens with zero attached hydrogens (tertiary/aromatic N) is 4. The maximum absolute atomic E-state index is 11.4. The summed E-state index contributed by atoms with van der Waals surface area (Å²) in [7, 11) is 3.79. The Labute approximate surface area is 215 Å². The normalized spacial score (nSPS) is 21.1. The van der Waals surface area contributed by atoms with Gasteiger partial charge in [0.05, 0.1) is 16.7 Å². The third-order valence-electron chi connectivity index (χ3n) is 6.99. The van der Waals surface area contributed by atoms with Crippen molar-refractivity contribution in [2.75, 3.05) is 26.2 Å². The first-order chi connectivity index (χ1) is 16.8. The van der Waals surface area contributed by atoms with Crippen LogP contribution in [0.25, 0.3) is 5.70 Å². The highest BCUT2D eigenvalue weighted by atomic mass is 32.1. The van der Waals surface area contributed by atoms with Gasteiger partial charge in [-0.3, -0.25) is 5.32 Å². The molecular formula is C26H37N6OPS. The van der Waals surface area contributed by atoms with Gasteiger partial charge < -0.3 is 10.2 Å². The second kappa shape index (κ2) is 11.4. The summed E-state index contributed by atoms with van der Waals surface area (Å²) in [5, 5.41) is 12.1. The molecule has 4 rings (SSSR count). The number of nitrogens with one attached hydrogen (secondary N) is 2. The van der Waals surface area contributed by atoms with Crippen LogP contribution in [0, 0.1) is 16.7 Å². The van der Waals surface area contributed by atoms with Gasteiger partial charge in [-0.25, -0.2) is 9.98 Å². The second-order valence-corrected chi connectivity index (χ2v) is 11.7. The molecule has 0 saturated carbocycles. The van der Waals surface area contributed by atoms with Gasteiger partial charge in [-0.1, -0.05) is 44.1 Å². The Morgan fingerprint density at radius 2 is 2.11 bits per heavy atom. The van der Waals surface area contributed by atoms with Gasteiger partial charge in [0.15, 0.2) is 0 Å².